The van der Waals surface area contributed by atoms with Crippen LogP contribution in [0.1, 0.15) is 36.0 Å². The van der Waals surface area contributed by atoms with Gasteiger partial charge >= 0.3 is 0 Å². The summed E-state index contributed by atoms with van der Waals surface area (Å²) in [5.41, 5.74) is 6.84. The van der Waals surface area contributed by atoms with Gasteiger partial charge in [0.15, 0.2) is 5.78 Å². The number of anilines is 1. The highest BCUT2D eigenvalue weighted by Crippen LogP contribution is 2.34. The molecule has 2 aliphatic rings. The fourth-order valence-corrected chi connectivity index (χ4v) is 3.41. The van der Waals surface area contributed by atoms with Crippen molar-refractivity contribution in [2.75, 3.05) is 12.3 Å². The lowest BCUT2D eigenvalue weighted by molar-refractivity contribution is -0.132. The van der Waals surface area contributed by atoms with Crippen molar-refractivity contribution in [1.82, 2.24) is 14.7 Å². The molecule has 1 saturated heterocycles. The van der Waals surface area contributed by atoms with E-state index in [4.69, 9.17) is 5.73 Å². The van der Waals surface area contributed by atoms with Crippen molar-refractivity contribution >= 4 is 17.5 Å². The summed E-state index contributed by atoms with van der Waals surface area (Å²) in [5.74, 6) is -0.266. The van der Waals surface area contributed by atoms with Gasteiger partial charge in [0.2, 0.25) is 5.91 Å². The second-order valence-corrected chi connectivity index (χ2v) is 6.66. The number of Topliss-reactive ketones (excluding diaryl/α,β-unsaturated/α-hetero) is 1. The Kier molecular flexibility index (Phi) is 3.78. The van der Waals surface area contributed by atoms with Crippen LogP contribution in [0.2, 0.25) is 0 Å². The third-order valence-corrected chi connectivity index (χ3v) is 4.89. The number of likely N-dealkylation sites (tertiary alicyclic amines) is 1. The number of rotatable bonds is 4. The summed E-state index contributed by atoms with van der Waals surface area (Å²) in [6.07, 6.45) is 4.68. The Morgan fingerprint density at radius 2 is 2.04 bits per heavy atom. The molecule has 0 spiro atoms. The minimum atomic E-state index is -0.472. The Morgan fingerprint density at radius 1 is 1.24 bits per heavy atom. The highest BCUT2D eigenvalue weighted by Gasteiger charge is 2.41. The van der Waals surface area contributed by atoms with Crippen LogP contribution in [0.25, 0.3) is 5.69 Å². The first-order chi connectivity index (χ1) is 12.1. The molecule has 1 aliphatic carbocycles. The average Bonchev–Trinajstić information content (AvgIpc) is 3.21. The molecule has 25 heavy (non-hydrogen) atoms. The minimum Gasteiger partial charge on any atom is -0.383 e. The Morgan fingerprint density at radius 3 is 2.76 bits per heavy atom. The average molecular weight is 342 g/mol. The lowest BCUT2D eigenvalue weighted by Crippen LogP contribution is -2.41. The van der Waals surface area contributed by atoms with Crippen molar-refractivity contribution in [3.05, 3.63) is 41.8 Å². The summed E-state index contributed by atoms with van der Waals surface area (Å²) in [6.45, 7) is 0.615. The van der Waals surface area contributed by atoms with Crippen molar-refractivity contribution in [3.8, 4) is 5.69 Å². The normalized spacial score (nSPS) is 20.0. The number of hydrogen-bond donors (Lipinski definition) is 1. The monoisotopic (exact) mass is 342 g/mol. The number of nitrogens with two attached hydrogens (primary N) is 1. The largest absolute Gasteiger partial charge is 0.383 e. The molecule has 0 bridgehead atoms. The van der Waals surface area contributed by atoms with E-state index in [0.717, 1.165) is 19.3 Å². The van der Waals surface area contributed by atoms with Crippen LogP contribution in [0.4, 0.5) is 10.2 Å². The number of amides is 1. The summed E-state index contributed by atoms with van der Waals surface area (Å²) < 4.78 is 14.8. The first-order valence-electron chi connectivity index (χ1n) is 8.50. The molecule has 1 aliphatic heterocycles. The maximum Gasteiger partial charge on any atom is 0.226 e. The molecule has 1 amide bonds. The molecule has 7 heteroatoms. The fraction of sp³-hybridized carbons (Fsp3) is 0.389. The zero-order valence-electron chi connectivity index (χ0n) is 13.7. The van der Waals surface area contributed by atoms with Gasteiger partial charge in [-0.3, -0.25) is 9.59 Å². The molecule has 130 valence electrons. The molecule has 2 fully saturated rings. The topological polar surface area (TPSA) is 81.2 Å². The van der Waals surface area contributed by atoms with Crippen LogP contribution < -0.4 is 5.73 Å². The number of hydrogen-bond acceptors (Lipinski definition) is 4. The van der Waals surface area contributed by atoms with E-state index in [0.29, 0.717) is 18.7 Å². The number of carbonyl (C=O) groups is 2. The molecular formula is C18H19FN4O2. The Balaban J connectivity index is 1.61. The van der Waals surface area contributed by atoms with Crippen LogP contribution in [0.15, 0.2) is 30.5 Å². The zero-order valence-corrected chi connectivity index (χ0v) is 13.7. The molecule has 4 rings (SSSR count). The Hall–Kier alpha value is -2.70. The van der Waals surface area contributed by atoms with E-state index in [1.165, 1.54) is 23.0 Å². The second-order valence-electron chi connectivity index (χ2n) is 6.66. The molecule has 0 radical (unpaired) electrons. The smallest absolute Gasteiger partial charge is 0.226 e. The van der Waals surface area contributed by atoms with Gasteiger partial charge in [-0.15, -0.1) is 0 Å². The van der Waals surface area contributed by atoms with Crippen LogP contribution in [-0.2, 0) is 4.79 Å². The highest BCUT2D eigenvalue weighted by atomic mass is 19.1. The summed E-state index contributed by atoms with van der Waals surface area (Å²) in [4.78, 5) is 27.0. The van der Waals surface area contributed by atoms with E-state index in [2.05, 4.69) is 5.10 Å². The number of aromatic nitrogens is 2. The van der Waals surface area contributed by atoms with Crippen molar-refractivity contribution in [2.24, 2.45) is 5.92 Å². The van der Waals surface area contributed by atoms with Gasteiger partial charge in [-0.25, -0.2) is 9.07 Å². The molecule has 0 unspecified atom stereocenters. The maximum absolute atomic E-state index is 13.4. The SMILES string of the molecule is Nc1c(C(=O)[C@@H]2CCCN2C(=O)C2CC2)cnn1-c1cccc(F)c1. The van der Waals surface area contributed by atoms with Crippen molar-refractivity contribution in [3.63, 3.8) is 0 Å². The molecule has 2 aromatic rings. The van der Waals surface area contributed by atoms with Gasteiger partial charge in [0.1, 0.15) is 11.6 Å². The Labute approximate surface area is 144 Å². The number of carbonyl (C=O) groups excluding carboxylic acids is 2. The number of benzene rings is 1. The van der Waals surface area contributed by atoms with Gasteiger partial charge in [0.25, 0.3) is 0 Å². The number of nitrogen functional groups attached to an aromatic ring is 1. The fourth-order valence-electron chi connectivity index (χ4n) is 3.41. The molecule has 1 atom stereocenters. The predicted molar refractivity (Wildman–Crippen MR) is 89.7 cm³/mol. The van der Waals surface area contributed by atoms with E-state index in [9.17, 15) is 14.0 Å². The van der Waals surface area contributed by atoms with E-state index in [-0.39, 0.29) is 29.0 Å². The van der Waals surface area contributed by atoms with Crippen LogP contribution in [0.5, 0.6) is 0 Å². The molecule has 6 nitrogen and oxygen atoms in total. The van der Waals surface area contributed by atoms with Crippen molar-refractivity contribution in [1.29, 1.82) is 0 Å². The molecule has 1 saturated carbocycles. The third kappa shape index (κ3) is 2.79. The van der Waals surface area contributed by atoms with Gasteiger partial charge in [-0.1, -0.05) is 6.07 Å². The Bertz CT molecular complexity index is 843. The number of nitrogens with zero attached hydrogens (tertiary/aromatic N) is 3. The van der Waals surface area contributed by atoms with Gasteiger partial charge < -0.3 is 10.6 Å². The van der Waals surface area contributed by atoms with Crippen LogP contribution >= 0.6 is 0 Å². The van der Waals surface area contributed by atoms with Gasteiger partial charge in [-0.2, -0.15) is 5.10 Å². The van der Waals surface area contributed by atoms with E-state index in [1.54, 1.807) is 17.0 Å². The third-order valence-electron chi connectivity index (χ3n) is 4.89. The lowest BCUT2D eigenvalue weighted by Gasteiger charge is -2.23. The lowest BCUT2D eigenvalue weighted by atomic mass is 10.0. The zero-order chi connectivity index (χ0) is 17.6. The van der Waals surface area contributed by atoms with E-state index < -0.39 is 11.9 Å². The summed E-state index contributed by atoms with van der Waals surface area (Å²) >= 11 is 0. The van der Waals surface area contributed by atoms with Gasteiger partial charge in [0, 0.05) is 12.5 Å². The minimum absolute atomic E-state index is 0.0759. The highest BCUT2D eigenvalue weighted by molar-refractivity contribution is 6.05. The quantitative estimate of drug-likeness (QED) is 0.864. The first-order valence-corrected chi connectivity index (χ1v) is 8.50. The molecular weight excluding hydrogens is 323 g/mol. The standard InChI is InChI=1S/C18H19FN4O2/c19-12-3-1-4-13(9-12)23-17(20)14(10-21-23)16(24)15-5-2-8-22(15)18(25)11-6-7-11/h1,3-4,9-11,15H,2,5-8,20H2/t15-/m0/s1. The molecule has 1 aromatic heterocycles. The van der Waals surface area contributed by atoms with Crippen molar-refractivity contribution < 1.29 is 14.0 Å². The summed E-state index contributed by atoms with van der Waals surface area (Å²) in [6, 6.07) is 5.38. The first kappa shape index (κ1) is 15.8. The summed E-state index contributed by atoms with van der Waals surface area (Å²) in [5, 5.41) is 4.14. The van der Waals surface area contributed by atoms with Crippen LogP contribution in [0.3, 0.4) is 0 Å². The van der Waals surface area contributed by atoms with Crippen LogP contribution in [-0.4, -0.2) is 39.0 Å². The molecule has 2 N–H and O–H groups in total. The molecule has 1 aromatic carbocycles. The van der Waals surface area contributed by atoms with Crippen molar-refractivity contribution in [2.45, 2.75) is 31.7 Å². The second kappa shape index (κ2) is 5.98. The van der Waals surface area contributed by atoms with Gasteiger partial charge in [0.05, 0.1) is 23.5 Å². The van der Waals surface area contributed by atoms with E-state index in [1.807, 2.05) is 0 Å². The summed E-state index contributed by atoms with van der Waals surface area (Å²) in [7, 11) is 0. The maximum atomic E-state index is 13.4. The van der Waals surface area contributed by atoms with Gasteiger partial charge in [-0.05, 0) is 43.9 Å². The molecule has 2 heterocycles. The number of halogens is 1. The predicted octanol–water partition coefficient (Wildman–Crippen LogP) is 2.18. The van der Waals surface area contributed by atoms with Crippen LogP contribution in [0, 0.1) is 11.7 Å². The number of ketones is 1. The van der Waals surface area contributed by atoms with E-state index >= 15 is 0 Å².